The number of hydrogen-bond acceptors (Lipinski definition) is 5. The SMILES string of the molecule is CNc1c(-c2cc(Cl)cc(C(F)(F)F)c2)c(C(F)(F)F)nn1-c1nccnc1OC. The van der Waals surface area contributed by atoms with E-state index in [0.717, 1.165) is 10.7 Å². The first-order valence-corrected chi connectivity index (χ1v) is 8.46. The molecule has 0 saturated heterocycles. The van der Waals surface area contributed by atoms with Crippen molar-refractivity contribution in [2.24, 2.45) is 0 Å². The number of hydrogen-bond donors (Lipinski definition) is 1. The highest BCUT2D eigenvalue weighted by atomic mass is 35.5. The van der Waals surface area contributed by atoms with Crippen molar-refractivity contribution in [3.63, 3.8) is 0 Å². The molecular weight excluding hydrogens is 440 g/mol. The van der Waals surface area contributed by atoms with E-state index in [0.29, 0.717) is 12.1 Å². The van der Waals surface area contributed by atoms with E-state index in [1.165, 1.54) is 26.6 Å². The molecule has 0 saturated carbocycles. The Bertz CT molecular complexity index is 1080. The lowest BCUT2D eigenvalue weighted by Gasteiger charge is -2.13. The van der Waals surface area contributed by atoms with E-state index in [9.17, 15) is 26.3 Å². The molecule has 6 nitrogen and oxygen atoms in total. The molecule has 0 amide bonds. The predicted octanol–water partition coefficient (Wildman–Crippen LogP) is 5.07. The topological polar surface area (TPSA) is 64.9 Å². The van der Waals surface area contributed by atoms with Crippen LogP contribution in [-0.2, 0) is 12.4 Å². The number of rotatable bonds is 4. The molecule has 1 N–H and O–H groups in total. The van der Waals surface area contributed by atoms with Crippen molar-refractivity contribution in [2.45, 2.75) is 12.4 Å². The van der Waals surface area contributed by atoms with Gasteiger partial charge in [-0.1, -0.05) is 11.6 Å². The number of nitrogens with one attached hydrogen (secondary N) is 1. The molecule has 30 heavy (non-hydrogen) atoms. The van der Waals surface area contributed by atoms with E-state index in [-0.39, 0.29) is 22.5 Å². The normalized spacial score (nSPS) is 12.2. The van der Waals surface area contributed by atoms with Crippen molar-refractivity contribution in [3.05, 3.63) is 46.9 Å². The lowest BCUT2D eigenvalue weighted by Crippen LogP contribution is -2.10. The maximum atomic E-state index is 13.8. The van der Waals surface area contributed by atoms with Gasteiger partial charge in [0.15, 0.2) is 5.69 Å². The highest BCUT2D eigenvalue weighted by Gasteiger charge is 2.41. The number of nitrogens with zero attached hydrogens (tertiary/aromatic N) is 4. The molecule has 0 unspecified atom stereocenters. The highest BCUT2D eigenvalue weighted by molar-refractivity contribution is 6.31. The molecule has 0 aliphatic carbocycles. The second-order valence-corrected chi connectivity index (χ2v) is 6.28. The van der Waals surface area contributed by atoms with Gasteiger partial charge in [0.25, 0.3) is 5.88 Å². The van der Waals surface area contributed by atoms with Crippen molar-refractivity contribution in [1.82, 2.24) is 19.7 Å². The Morgan fingerprint density at radius 3 is 2.23 bits per heavy atom. The number of benzene rings is 1. The summed E-state index contributed by atoms with van der Waals surface area (Å²) in [4.78, 5) is 7.79. The fourth-order valence-corrected chi connectivity index (χ4v) is 3.01. The maximum Gasteiger partial charge on any atom is 0.435 e. The van der Waals surface area contributed by atoms with Crippen LogP contribution in [0.15, 0.2) is 30.6 Å². The van der Waals surface area contributed by atoms with Crippen molar-refractivity contribution in [2.75, 3.05) is 19.5 Å². The summed E-state index contributed by atoms with van der Waals surface area (Å²) in [5, 5.41) is 5.70. The van der Waals surface area contributed by atoms with Crippen LogP contribution in [0.5, 0.6) is 5.88 Å². The molecule has 0 aliphatic heterocycles. The van der Waals surface area contributed by atoms with Crippen LogP contribution in [0.3, 0.4) is 0 Å². The molecule has 2 aromatic heterocycles. The van der Waals surface area contributed by atoms with E-state index in [4.69, 9.17) is 16.3 Å². The summed E-state index contributed by atoms with van der Waals surface area (Å²) in [5.74, 6) is -0.616. The van der Waals surface area contributed by atoms with Crippen molar-refractivity contribution in [1.29, 1.82) is 0 Å². The first kappa shape index (κ1) is 21.7. The summed E-state index contributed by atoms with van der Waals surface area (Å²) in [5.41, 5.74) is -3.70. The van der Waals surface area contributed by atoms with Gasteiger partial charge in [-0.15, -0.1) is 0 Å². The van der Waals surface area contributed by atoms with Gasteiger partial charge in [-0.3, -0.25) is 0 Å². The standard InChI is InChI=1S/C17H12ClF6N5O/c1-25-13-11(8-5-9(16(19,20)21)7-10(18)6-8)12(17(22,23)24)28-29(13)14-15(30-2)27-4-3-26-14/h3-7,25H,1-2H3. The fourth-order valence-electron chi connectivity index (χ4n) is 2.78. The molecule has 0 atom stereocenters. The summed E-state index contributed by atoms with van der Waals surface area (Å²) in [7, 11) is 2.52. The molecule has 2 heterocycles. The van der Waals surface area contributed by atoms with Gasteiger partial charge >= 0.3 is 12.4 Å². The van der Waals surface area contributed by atoms with Gasteiger partial charge in [-0.2, -0.15) is 36.1 Å². The van der Waals surface area contributed by atoms with Crippen molar-refractivity contribution in [3.8, 4) is 22.8 Å². The minimum atomic E-state index is -5.00. The molecule has 0 fully saturated rings. The average molecular weight is 452 g/mol. The summed E-state index contributed by atoms with van der Waals surface area (Å²) < 4.78 is 86.7. The number of ether oxygens (including phenoxy) is 1. The summed E-state index contributed by atoms with van der Waals surface area (Å²) in [6, 6.07) is 2.17. The van der Waals surface area contributed by atoms with Gasteiger partial charge in [0, 0.05) is 24.5 Å². The molecule has 3 rings (SSSR count). The smallest absolute Gasteiger partial charge is 0.435 e. The third-order valence-electron chi connectivity index (χ3n) is 3.95. The molecule has 1 aromatic carbocycles. The van der Waals surface area contributed by atoms with Crippen LogP contribution in [-0.4, -0.2) is 33.9 Å². The molecule has 0 aliphatic rings. The van der Waals surface area contributed by atoms with E-state index < -0.39 is 34.7 Å². The molecule has 0 bridgehead atoms. The third-order valence-corrected chi connectivity index (χ3v) is 4.16. The Kier molecular flexibility index (Phi) is 5.54. The number of halogens is 7. The van der Waals surface area contributed by atoms with Crippen LogP contribution in [0.1, 0.15) is 11.3 Å². The highest BCUT2D eigenvalue weighted by Crippen LogP contribution is 2.44. The van der Waals surface area contributed by atoms with Crippen LogP contribution in [0.25, 0.3) is 16.9 Å². The van der Waals surface area contributed by atoms with Gasteiger partial charge in [0.2, 0.25) is 5.82 Å². The van der Waals surface area contributed by atoms with Crippen LogP contribution >= 0.6 is 11.6 Å². The number of alkyl halides is 6. The Morgan fingerprint density at radius 1 is 1.00 bits per heavy atom. The number of anilines is 1. The van der Waals surface area contributed by atoms with Crippen LogP contribution in [0.4, 0.5) is 32.2 Å². The van der Waals surface area contributed by atoms with Gasteiger partial charge < -0.3 is 10.1 Å². The van der Waals surface area contributed by atoms with Crippen LogP contribution < -0.4 is 10.1 Å². The molecular formula is C17H12ClF6N5O. The zero-order chi connectivity index (χ0) is 22.3. The monoisotopic (exact) mass is 451 g/mol. The van der Waals surface area contributed by atoms with Crippen molar-refractivity contribution < 1.29 is 31.1 Å². The molecule has 13 heteroatoms. The minimum Gasteiger partial charge on any atom is -0.478 e. The zero-order valence-corrected chi connectivity index (χ0v) is 16.0. The summed E-state index contributed by atoms with van der Waals surface area (Å²) >= 11 is 5.77. The fraction of sp³-hybridized carbons (Fsp3) is 0.235. The third kappa shape index (κ3) is 3.99. The number of methoxy groups -OCH3 is 1. The average Bonchev–Trinajstić information content (AvgIpc) is 3.06. The Hall–Kier alpha value is -3.02. The zero-order valence-electron chi connectivity index (χ0n) is 15.2. The van der Waals surface area contributed by atoms with Crippen molar-refractivity contribution >= 4 is 17.4 Å². The molecule has 3 aromatic rings. The number of aromatic nitrogens is 4. The van der Waals surface area contributed by atoms with E-state index >= 15 is 0 Å². The lowest BCUT2D eigenvalue weighted by atomic mass is 10.0. The molecule has 160 valence electrons. The molecule has 0 spiro atoms. The quantitative estimate of drug-likeness (QED) is 0.561. The lowest BCUT2D eigenvalue weighted by molar-refractivity contribution is -0.140. The Labute approximate surface area is 170 Å². The van der Waals surface area contributed by atoms with Crippen LogP contribution in [0, 0.1) is 0 Å². The van der Waals surface area contributed by atoms with Gasteiger partial charge in [-0.05, 0) is 23.8 Å². The van der Waals surface area contributed by atoms with Gasteiger partial charge in [0.05, 0.1) is 18.2 Å². The summed E-state index contributed by atoms with van der Waals surface area (Å²) in [6.07, 6.45) is -7.36. The maximum absolute atomic E-state index is 13.8. The molecule has 0 radical (unpaired) electrons. The van der Waals surface area contributed by atoms with E-state index in [1.54, 1.807) is 0 Å². The van der Waals surface area contributed by atoms with Gasteiger partial charge in [-0.25, -0.2) is 9.97 Å². The minimum absolute atomic E-state index is 0.140. The van der Waals surface area contributed by atoms with Crippen LogP contribution in [0.2, 0.25) is 5.02 Å². The van der Waals surface area contributed by atoms with Gasteiger partial charge in [0.1, 0.15) is 5.82 Å². The largest absolute Gasteiger partial charge is 0.478 e. The summed E-state index contributed by atoms with van der Waals surface area (Å²) in [6.45, 7) is 0. The second kappa shape index (κ2) is 7.67. The van der Waals surface area contributed by atoms with E-state index in [1.807, 2.05) is 0 Å². The Morgan fingerprint density at radius 2 is 1.67 bits per heavy atom. The van der Waals surface area contributed by atoms with E-state index in [2.05, 4.69) is 20.4 Å². The predicted molar refractivity (Wildman–Crippen MR) is 95.7 cm³/mol. The second-order valence-electron chi connectivity index (χ2n) is 5.85. The first-order chi connectivity index (χ1) is 14.0. The first-order valence-electron chi connectivity index (χ1n) is 8.09. The Balaban J connectivity index is 2.38.